The van der Waals surface area contributed by atoms with Crippen molar-refractivity contribution in [2.45, 2.75) is 19.8 Å². The number of hydrogen-bond donors (Lipinski definition) is 2. The van der Waals surface area contributed by atoms with Crippen molar-refractivity contribution in [2.75, 3.05) is 24.1 Å². The lowest BCUT2D eigenvalue weighted by atomic mass is 10.1. The van der Waals surface area contributed by atoms with Crippen LogP contribution >= 0.6 is 28.3 Å². The zero-order valence-electron chi connectivity index (χ0n) is 11.1. The van der Waals surface area contributed by atoms with Gasteiger partial charge in [0.2, 0.25) is 11.8 Å². The highest BCUT2D eigenvalue weighted by molar-refractivity contribution is 9.10. The van der Waals surface area contributed by atoms with E-state index >= 15 is 0 Å². The van der Waals surface area contributed by atoms with Crippen LogP contribution in [-0.4, -0.2) is 29.8 Å². The Morgan fingerprint density at radius 1 is 1.50 bits per heavy atom. The normalized spacial score (nSPS) is 14.1. The Bertz CT molecular complexity index is 537. The van der Waals surface area contributed by atoms with Gasteiger partial charge in [0.15, 0.2) is 0 Å². The third-order valence-corrected chi connectivity index (χ3v) is 3.59. The van der Waals surface area contributed by atoms with Crippen molar-refractivity contribution in [3.8, 4) is 0 Å². The number of halogens is 2. The molecule has 0 bridgehead atoms. The number of nitrogen functional groups attached to an aromatic ring is 1. The smallest absolute Gasteiger partial charge is 0.244 e. The summed E-state index contributed by atoms with van der Waals surface area (Å²) >= 11 is 3.36. The van der Waals surface area contributed by atoms with Crippen molar-refractivity contribution in [1.29, 1.82) is 0 Å². The van der Waals surface area contributed by atoms with Crippen molar-refractivity contribution in [3.63, 3.8) is 0 Å². The first-order chi connectivity index (χ1) is 8.97. The highest BCUT2D eigenvalue weighted by Crippen LogP contribution is 2.27. The number of aryl methyl sites for hydroxylation is 1. The molecule has 1 fully saturated rings. The summed E-state index contributed by atoms with van der Waals surface area (Å²) in [6.07, 6.45) is 1.36. The number of rotatable bonds is 3. The summed E-state index contributed by atoms with van der Waals surface area (Å²) in [6.45, 7) is 2.61. The van der Waals surface area contributed by atoms with E-state index in [1.807, 2.05) is 13.0 Å². The molecule has 2 rings (SSSR count). The first kappa shape index (κ1) is 16.8. The monoisotopic (exact) mass is 361 g/mol. The van der Waals surface area contributed by atoms with Crippen LogP contribution in [0.25, 0.3) is 0 Å². The fourth-order valence-corrected chi connectivity index (χ4v) is 2.66. The molecule has 0 aromatic heterocycles. The van der Waals surface area contributed by atoms with Gasteiger partial charge in [-0.1, -0.05) is 15.9 Å². The number of likely N-dealkylation sites (tertiary alicyclic amines) is 1. The summed E-state index contributed by atoms with van der Waals surface area (Å²) in [5.74, 6) is -0.187. The van der Waals surface area contributed by atoms with Gasteiger partial charge in [-0.3, -0.25) is 9.59 Å². The number of hydrogen-bond acceptors (Lipinski definition) is 3. The van der Waals surface area contributed by atoms with Gasteiger partial charge in [0.25, 0.3) is 0 Å². The highest BCUT2D eigenvalue weighted by Gasteiger charge is 2.22. The Hall–Kier alpha value is -1.27. The summed E-state index contributed by atoms with van der Waals surface area (Å²) in [7, 11) is 0. The molecule has 3 N–H and O–H groups in total. The van der Waals surface area contributed by atoms with Gasteiger partial charge in [-0.25, -0.2) is 0 Å². The van der Waals surface area contributed by atoms with E-state index in [2.05, 4.69) is 21.2 Å². The van der Waals surface area contributed by atoms with Gasteiger partial charge in [-0.05, 0) is 31.0 Å². The Labute approximate surface area is 132 Å². The Kier molecular flexibility index (Phi) is 5.83. The summed E-state index contributed by atoms with van der Waals surface area (Å²) < 4.78 is 0.853. The number of carbonyl (C=O) groups is 2. The van der Waals surface area contributed by atoms with Crippen LogP contribution in [0.3, 0.4) is 0 Å². The SMILES string of the molecule is Cc1cc(Br)cc(NC(=O)CN2CCCC2=O)c1N.Cl. The van der Waals surface area contributed by atoms with Crippen LogP contribution in [0.4, 0.5) is 11.4 Å². The molecule has 1 aromatic rings. The first-order valence-electron chi connectivity index (χ1n) is 6.10. The van der Waals surface area contributed by atoms with Crippen LogP contribution in [0.5, 0.6) is 0 Å². The second-order valence-electron chi connectivity index (χ2n) is 4.65. The number of anilines is 2. The van der Waals surface area contributed by atoms with E-state index in [0.29, 0.717) is 24.3 Å². The molecule has 7 heteroatoms. The van der Waals surface area contributed by atoms with E-state index in [-0.39, 0.29) is 30.8 Å². The van der Waals surface area contributed by atoms with Crippen LogP contribution in [0, 0.1) is 6.92 Å². The van der Waals surface area contributed by atoms with E-state index < -0.39 is 0 Å². The minimum atomic E-state index is -0.223. The predicted molar refractivity (Wildman–Crippen MR) is 85.0 cm³/mol. The number of nitrogens with zero attached hydrogens (tertiary/aromatic N) is 1. The maximum Gasteiger partial charge on any atom is 0.244 e. The molecule has 1 aliphatic heterocycles. The molecule has 1 aromatic carbocycles. The summed E-state index contributed by atoms with van der Waals surface area (Å²) in [4.78, 5) is 24.9. The van der Waals surface area contributed by atoms with E-state index in [4.69, 9.17) is 5.73 Å². The van der Waals surface area contributed by atoms with Crippen molar-refractivity contribution in [2.24, 2.45) is 0 Å². The van der Waals surface area contributed by atoms with Crippen molar-refractivity contribution < 1.29 is 9.59 Å². The molecule has 0 aliphatic carbocycles. The van der Waals surface area contributed by atoms with Gasteiger partial charge in [-0.15, -0.1) is 12.4 Å². The Morgan fingerprint density at radius 3 is 2.80 bits per heavy atom. The lowest BCUT2D eigenvalue weighted by Gasteiger charge is -2.16. The third-order valence-electron chi connectivity index (χ3n) is 3.13. The molecule has 1 heterocycles. The second kappa shape index (κ2) is 6.95. The molecule has 1 aliphatic rings. The lowest BCUT2D eigenvalue weighted by molar-refractivity contribution is -0.131. The second-order valence-corrected chi connectivity index (χ2v) is 5.57. The van der Waals surface area contributed by atoms with Gasteiger partial charge >= 0.3 is 0 Å². The standard InChI is InChI=1S/C13H16BrN3O2.ClH/c1-8-5-9(14)6-10(13(8)15)16-11(18)7-17-4-2-3-12(17)19;/h5-6H,2-4,7,15H2,1H3,(H,16,18);1H. The quantitative estimate of drug-likeness (QED) is 0.810. The van der Waals surface area contributed by atoms with Crippen LogP contribution in [0.2, 0.25) is 0 Å². The molecular formula is C13H17BrClN3O2. The van der Waals surface area contributed by atoms with Crippen LogP contribution in [0.15, 0.2) is 16.6 Å². The fraction of sp³-hybridized carbons (Fsp3) is 0.385. The van der Waals surface area contributed by atoms with Crippen molar-refractivity contribution >= 4 is 51.5 Å². The minimum absolute atomic E-state index is 0. The van der Waals surface area contributed by atoms with Gasteiger partial charge in [0.1, 0.15) is 0 Å². The molecule has 5 nitrogen and oxygen atoms in total. The summed E-state index contributed by atoms with van der Waals surface area (Å²) in [5, 5.41) is 2.75. The van der Waals surface area contributed by atoms with E-state index in [1.165, 1.54) is 0 Å². The van der Waals surface area contributed by atoms with Crippen molar-refractivity contribution in [3.05, 3.63) is 22.2 Å². The predicted octanol–water partition coefficient (Wildman–Crippen LogP) is 2.32. The molecule has 0 radical (unpaired) electrons. The molecule has 0 spiro atoms. The number of nitrogens with two attached hydrogens (primary N) is 1. The molecule has 0 atom stereocenters. The summed E-state index contributed by atoms with van der Waals surface area (Å²) in [6, 6.07) is 3.64. The molecular weight excluding hydrogens is 346 g/mol. The number of benzene rings is 1. The zero-order chi connectivity index (χ0) is 14.0. The van der Waals surface area contributed by atoms with E-state index in [9.17, 15) is 9.59 Å². The van der Waals surface area contributed by atoms with E-state index in [0.717, 1.165) is 16.5 Å². The molecule has 2 amide bonds. The van der Waals surface area contributed by atoms with Crippen LogP contribution in [-0.2, 0) is 9.59 Å². The zero-order valence-corrected chi connectivity index (χ0v) is 13.5. The number of carbonyl (C=O) groups excluding carboxylic acids is 2. The first-order valence-corrected chi connectivity index (χ1v) is 6.90. The van der Waals surface area contributed by atoms with Gasteiger partial charge < -0.3 is 16.0 Å². The average Bonchev–Trinajstić information content (AvgIpc) is 2.71. The number of nitrogens with one attached hydrogen (secondary N) is 1. The molecule has 0 saturated carbocycles. The lowest BCUT2D eigenvalue weighted by Crippen LogP contribution is -2.34. The highest BCUT2D eigenvalue weighted by atomic mass is 79.9. The summed E-state index contributed by atoms with van der Waals surface area (Å²) in [5.41, 5.74) is 7.93. The van der Waals surface area contributed by atoms with E-state index in [1.54, 1.807) is 11.0 Å². The Balaban J connectivity index is 0.00000200. The van der Waals surface area contributed by atoms with Gasteiger partial charge in [-0.2, -0.15) is 0 Å². The maximum absolute atomic E-state index is 11.9. The van der Waals surface area contributed by atoms with Crippen molar-refractivity contribution in [1.82, 2.24) is 4.90 Å². The van der Waals surface area contributed by atoms with Crippen LogP contribution < -0.4 is 11.1 Å². The fourth-order valence-electron chi connectivity index (χ4n) is 2.09. The Morgan fingerprint density at radius 2 is 2.20 bits per heavy atom. The number of amides is 2. The third kappa shape index (κ3) is 3.86. The maximum atomic E-state index is 11.9. The average molecular weight is 363 g/mol. The molecule has 110 valence electrons. The molecule has 1 saturated heterocycles. The molecule has 20 heavy (non-hydrogen) atoms. The van der Waals surface area contributed by atoms with Gasteiger partial charge in [0, 0.05) is 17.4 Å². The largest absolute Gasteiger partial charge is 0.397 e. The molecule has 0 unspecified atom stereocenters. The topological polar surface area (TPSA) is 75.4 Å². The minimum Gasteiger partial charge on any atom is -0.397 e. The van der Waals surface area contributed by atoms with Gasteiger partial charge in [0.05, 0.1) is 17.9 Å². The van der Waals surface area contributed by atoms with Crippen LogP contribution in [0.1, 0.15) is 18.4 Å².